The molecule has 8 heteroatoms. The number of anilines is 1. The molecule has 0 saturated carbocycles. The van der Waals surface area contributed by atoms with E-state index in [0.717, 1.165) is 12.8 Å². The smallest absolute Gasteiger partial charge is 0.269 e. The average molecular weight is 336 g/mol. The molecule has 0 aromatic heterocycles. The predicted molar refractivity (Wildman–Crippen MR) is 91.6 cm³/mol. The molecule has 1 rings (SSSR count). The first kappa shape index (κ1) is 18.6. The van der Waals surface area contributed by atoms with E-state index in [9.17, 15) is 14.4 Å². The summed E-state index contributed by atoms with van der Waals surface area (Å²) in [5.41, 5.74) is 5.79. The van der Waals surface area contributed by atoms with E-state index in [2.05, 4.69) is 21.5 Å². The molecule has 0 aliphatic carbocycles. The molecule has 1 aromatic rings. The highest BCUT2D eigenvalue weighted by Crippen LogP contribution is 2.10. The van der Waals surface area contributed by atoms with E-state index in [0.29, 0.717) is 17.7 Å². The van der Waals surface area contributed by atoms with Gasteiger partial charge in [0.05, 0.1) is 0 Å². The van der Waals surface area contributed by atoms with Crippen molar-refractivity contribution in [3.8, 4) is 0 Å². The van der Waals surface area contributed by atoms with Crippen molar-refractivity contribution in [2.75, 3.05) is 5.32 Å². The van der Waals surface area contributed by atoms with Crippen molar-refractivity contribution in [2.45, 2.75) is 33.1 Å². The first-order chi connectivity index (χ1) is 10.9. The highest BCUT2D eigenvalue weighted by Gasteiger charge is 2.07. The monoisotopic (exact) mass is 336 g/mol. The summed E-state index contributed by atoms with van der Waals surface area (Å²) >= 11 is 4.80. The largest absolute Gasteiger partial charge is 0.326 e. The third kappa shape index (κ3) is 7.37. The minimum absolute atomic E-state index is 0.00524. The Labute approximate surface area is 140 Å². The third-order valence-electron chi connectivity index (χ3n) is 2.77. The van der Waals surface area contributed by atoms with Gasteiger partial charge >= 0.3 is 0 Å². The quantitative estimate of drug-likeness (QED) is 0.482. The lowest BCUT2D eigenvalue weighted by atomic mass is 10.2. The lowest BCUT2D eigenvalue weighted by molar-refractivity contribution is -0.118. The molecule has 0 spiro atoms. The number of thiocarbonyl (C=S) groups is 1. The van der Waals surface area contributed by atoms with Crippen LogP contribution in [0.15, 0.2) is 24.3 Å². The molecular formula is C15H20N4O3S. The molecular weight excluding hydrogens is 316 g/mol. The Balaban J connectivity index is 2.49. The number of carbonyl (C=O) groups excluding carboxylic acids is 3. The van der Waals surface area contributed by atoms with Crippen LogP contribution in [0, 0.1) is 0 Å². The summed E-state index contributed by atoms with van der Waals surface area (Å²) in [6.45, 7) is 3.33. The van der Waals surface area contributed by atoms with Crippen LogP contribution in [0.1, 0.15) is 43.5 Å². The maximum Gasteiger partial charge on any atom is 0.269 e. The van der Waals surface area contributed by atoms with E-state index in [-0.39, 0.29) is 16.9 Å². The second-order valence-corrected chi connectivity index (χ2v) is 5.23. The maximum atomic E-state index is 11.9. The summed E-state index contributed by atoms with van der Waals surface area (Å²) in [5, 5.41) is 5.08. The van der Waals surface area contributed by atoms with Crippen molar-refractivity contribution in [1.29, 1.82) is 0 Å². The molecule has 7 nitrogen and oxygen atoms in total. The zero-order valence-corrected chi connectivity index (χ0v) is 13.9. The molecule has 0 radical (unpaired) electrons. The van der Waals surface area contributed by atoms with E-state index in [1.54, 1.807) is 24.3 Å². The van der Waals surface area contributed by atoms with Crippen LogP contribution in [0.2, 0.25) is 0 Å². The summed E-state index contributed by atoms with van der Waals surface area (Å²) in [7, 11) is 0. The Bertz CT molecular complexity index is 587. The van der Waals surface area contributed by atoms with Gasteiger partial charge in [0.2, 0.25) is 11.8 Å². The van der Waals surface area contributed by atoms with Crippen molar-refractivity contribution < 1.29 is 14.4 Å². The molecule has 3 amide bonds. The van der Waals surface area contributed by atoms with Gasteiger partial charge < -0.3 is 10.6 Å². The second kappa shape index (κ2) is 9.52. The highest BCUT2D eigenvalue weighted by molar-refractivity contribution is 7.80. The molecule has 23 heavy (non-hydrogen) atoms. The lowest BCUT2D eigenvalue weighted by Gasteiger charge is -2.10. The molecule has 0 aliphatic heterocycles. The number of hydrogen-bond donors (Lipinski definition) is 4. The van der Waals surface area contributed by atoms with Crippen LogP contribution in [0.5, 0.6) is 0 Å². The Morgan fingerprint density at radius 3 is 2.30 bits per heavy atom. The summed E-state index contributed by atoms with van der Waals surface area (Å²) in [4.78, 5) is 34.3. The third-order valence-corrected chi connectivity index (χ3v) is 2.97. The van der Waals surface area contributed by atoms with Crippen LogP contribution in [-0.2, 0) is 9.59 Å². The van der Waals surface area contributed by atoms with Crippen LogP contribution in [-0.4, -0.2) is 22.8 Å². The fraction of sp³-hybridized carbons (Fsp3) is 0.333. The van der Waals surface area contributed by atoms with Gasteiger partial charge in [-0.3, -0.25) is 25.2 Å². The first-order valence-electron chi connectivity index (χ1n) is 7.20. The summed E-state index contributed by atoms with van der Waals surface area (Å²) in [5.74, 6) is -0.798. The number of hydrazine groups is 1. The molecule has 0 aliphatic rings. The van der Waals surface area contributed by atoms with Crippen LogP contribution in [0.25, 0.3) is 0 Å². The average Bonchev–Trinajstić information content (AvgIpc) is 2.50. The minimum Gasteiger partial charge on any atom is -0.326 e. The number of benzene rings is 1. The Morgan fingerprint density at radius 1 is 1.09 bits per heavy atom. The van der Waals surface area contributed by atoms with E-state index >= 15 is 0 Å². The summed E-state index contributed by atoms with van der Waals surface area (Å²) in [6.07, 6.45) is 2.27. The van der Waals surface area contributed by atoms with Gasteiger partial charge in [0.1, 0.15) is 0 Å². The fourth-order valence-electron chi connectivity index (χ4n) is 1.64. The van der Waals surface area contributed by atoms with Crippen LogP contribution >= 0.6 is 12.2 Å². The zero-order chi connectivity index (χ0) is 17.2. The normalized spacial score (nSPS) is 9.65. The Hall–Kier alpha value is -2.48. The van der Waals surface area contributed by atoms with E-state index in [1.165, 1.54) is 6.92 Å². The number of nitrogens with one attached hydrogen (secondary N) is 4. The molecule has 124 valence electrons. The van der Waals surface area contributed by atoms with Crippen molar-refractivity contribution in [3.05, 3.63) is 29.8 Å². The van der Waals surface area contributed by atoms with E-state index in [1.807, 2.05) is 6.92 Å². The van der Waals surface area contributed by atoms with Gasteiger partial charge in [0.15, 0.2) is 5.11 Å². The molecule has 1 aromatic carbocycles. The molecule has 0 unspecified atom stereocenters. The molecule has 0 atom stereocenters. The number of unbranched alkanes of at least 4 members (excludes halogenated alkanes) is 1. The molecule has 0 heterocycles. The topological polar surface area (TPSA) is 99.3 Å². The predicted octanol–water partition coefficient (Wildman–Crippen LogP) is 1.47. The zero-order valence-electron chi connectivity index (χ0n) is 13.1. The van der Waals surface area contributed by atoms with Crippen LogP contribution in [0.4, 0.5) is 5.69 Å². The standard InChI is InChI=1S/C15H20N4O3S/c1-3-4-5-13(21)17-12-8-6-11(7-9-12)14(22)18-19-15(23)16-10(2)20/h6-9H,3-5H2,1-2H3,(H,17,21)(H,18,22)(H2,16,19,20,23). The second-order valence-electron chi connectivity index (χ2n) is 4.82. The van der Waals surface area contributed by atoms with Crippen molar-refractivity contribution in [2.24, 2.45) is 0 Å². The van der Waals surface area contributed by atoms with Crippen molar-refractivity contribution >= 4 is 40.7 Å². The van der Waals surface area contributed by atoms with Gasteiger partial charge in [-0.25, -0.2) is 0 Å². The van der Waals surface area contributed by atoms with Gasteiger partial charge in [-0.05, 0) is 42.9 Å². The van der Waals surface area contributed by atoms with Gasteiger partial charge in [0.25, 0.3) is 5.91 Å². The Kier molecular flexibility index (Phi) is 7.69. The maximum absolute atomic E-state index is 11.9. The fourth-order valence-corrected chi connectivity index (χ4v) is 1.84. The highest BCUT2D eigenvalue weighted by atomic mass is 32.1. The van der Waals surface area contributed by atoms with Gasteiger partial charge in [-0.1, -0.05) is 13.3 Å². The summed E-state index contributed by atoms with van der Waals surface area (Å²) < 4.78 is 0. The van der Waals surface area contributed by atoms with Gasteiger partial charge in [0, 0.05) is 24.6 Å². The first-order valence-corrected chi connectivity index (χ1v) is 7.61. The number of amides is 3. The lowest BCUT2D eigenvalue weighted by Crippen LogP contribution is -2.47. The Morgan fingerprint density at radius 2 is 1.74 bits per heavy atom. The van der Waals surface area contributed by atoms with Crippen LogP contribution < -0.4 is 21.5 Å². The number of carbonyl (C=O) groups is 3. The van der Waals surface area contributed by atoms with Gasteiger partial charge in [-0.15, -0.1) is 0 Å². The molecule has 0 fully saturated rings. The number of hydrogen-bond acceptors (Lipinski definition) is 4. The van der Waals surface area contributed by atoms with Gasteiger partial charge in [-0.2, -0.15) is 0 Å². The molecule has 0 saturated heterocycles. The van der Waals surface area contributed by atoms with Crippen LogP contribution in [0.3, 0.4) is 0 Å². The minimum atomic E-state index is -0.415. The van der Waals surface area contributed by atoms with Crippen molar-refractivity contribution in [1.82, 2.24) is 16.2 Å². The number of rotatable bonds is 5. The molecule has 4 N–H and O–H groups in total. The van der Waals surface area contributed by atoms with E-state index < -0.39 is 5.91 Å². The summed E-state index contributed by atoms with van der Waals surface area (Å²) in [6, 6.07) is 6.44. The SMILES string of the molecule is CCCCC(=O)Nc1ccc(C(=O)NNC(=S)NC(C)=O)cc1. The van der Waals surface area contributed by atoms with E-state index in [4.69, 9.17) is 12.2 Å². The molecule has 0 bridgehead atoms. The van der Waals surface area contributed by atoms with Crippen molar-refractivity contribution in [3.63, 3.8) is 0 Å².